The maximum atomic E-state index is 11.4. The fourth-order valence-electron chi connectivity index (χ4n) is 2.58. The van der Waals surface area contributed by atoms with Gasteiger partial charge in [0.05, 0.1) is 40.0 Å². The van der Waals surface area contributed by atoms with Crippen LogP contribution in [-0.4, -0.2) is 67.0 Å². The van der Waals surface area contributed by atoms with Gasteiger partial charge < -0.3 is 36.7 Å². The van der Waals surface area contributed by atoms with Crippen LogP contribution in [0.5, 0.6) is 0 Å². The molecule has 1 fully saturated rings. The molecule has 1 aromatic heterocycles. The minimum Gasteiger partial charge on any atom is -1.00 e. The average Bonchev–Trinajstić information content (AvgIpc) is 3.05. The highest BCUT2D eigenvalue weighted by atomic mass is 35.5. The molecule has 2 N–H and O–H groups in total. The fourth-order valence-corrected chi connectivity index (χ4v) is 2.58. The van der Waals surface area contributed by atoms with Gasteiger partial charge in [0.15, 0.2) is 0 Å². The number of hydrogen-bond donors (Lipinski definition) is 1. The summed E-state index contributed by atoms with van der Waals surface area (Å²) in [5.74, 6) is 0.350. The van der Waals surface area contributed by atoms with E-state index in [1.165, 1.54) is 0 Å². The Hall–Kier alpha value is -1.80. The van der Waals surface area contributed by atoms with Gasteiger partial charge in [-0.1, -0.05) is 6.92 Å². The molecule has 150 valence electrons. The highest BCUT2D eigenvalue weighted by Crippen LogP contribution is 2.27. The number of nitrogens with zero attached hydrogens (tertiary/aromatic N) is 3. The molecule has 0 unspecified atom stereocenters. The number of rotatable bonds is 6. The third-order valence-electron chi connectivity index (χ3n) is 4.15. The Morgan fingerprint density at radius 1 is 1.46 bits per heavy atom. The standard InChI is InChI=1S/C11H16N2O2.C6H14N2O2.ClH/c1-3-10-8(6-15-11(10)14)4-9-5-12-7-13(9)2;1-8(2,3)4-5-10-6(7)9;/h5,7-8,10H,3-4,6H2,1-2H3;4-5H2,1-3H3,(H-,7,9);1H/t8-,10-;;/m0../s1. The SMILES string of the molecule is CC[C@@H]1C(=O)OC[C@@H]1Cc1cncn1C.C[N+](C)(C)CCOC(N)=O.[Cl-]. The maximum absolute atomic E-state index is 11.4. The maximum Gasteiger partial charge on any atom is 0.404 e. The van der Waals surface area contributed by atoms with Crippen molar-refractivity contribution in [1.82, 2.24) is 9.55 Å². The number of quaternary nitrogens is 1. The lowest BCUT2D eigenvalue weighted by Crippen LogP contribution is -3.00. The third kappa shape index (κ3) is 8.53. The number of ether oxygens (including phenoxy) is 2. The van der Waals surface area contributed by atoms with Gasteiger partial charge in [-0.25, -0.2) is 9.78 Å². The summed E-state index contributed by atoms with van der Waals surface area (Å²) >= 11 is 0. The number of cyclic esters (lactones) is 1. The normalized spacial score (nSPS) is 19.0. The Bertz CT molecular complexity index is 571. The van der Waals surface area contributed by atoms with Crippen LogP contribution in [0.25, 0.3) is 0 Å². The van der Waals surface area contributed by atoms with Crippen LogP contribution >= 0.6 is 0 Å². The summed E-state index contributed by atoms with van der Waals surface area (Å²) in [6.45, 7) is 3.76. The van der Waals surface area contributed by atoms with Crippen molar-refractivity contribution in [2.45, 2.75) is 19.8 Å². The van der Waals surface area contributed by atoms with E-state index in [2.05, 4.69) is 9.72 Å². The smallest absolute Gasteiger partial charge is 0.404 e. The number of imidazole rings is 1. The monoisotopic (exact) mass is 390 g/mol. The van der Waals surface area contributed by atoms with E-state index in [-0.39, 0.29) is 24.3 Å². The number of likely N-dealkylation sites (N-methyl/N-ethyl adjacent to an activating group) is 1. The highest BCUT2D eigenvalue weighted by molar-refractivity contribution is 5.74. The average molecular weight is 391 g/mol. The summed E-state index contributed by atoms with van der Waals surface area (Å²) in [5, 5.41) is 0. The molecular weight excluding hydrogens is 360 g/mol. The number of esters is 1. The molecule has 0 saturated carbocycles. The molecule has 1 aliphatic rings. The van der Waals surface area contributed by atoms with Crippen molar-refractivity contribution in [3.05, 3.63) is 18.2 Å². The van der Waals surface area contributed by atoms with Crippen LogP contribution in [0.4, 0.5) is 4.79 Å². The van der Waals surface area contributed by atoms with Gasteiger partial charge in [0.2, 0.25) is 0 Å². The van der Waals surface area contributed by atoms with Gasteiger partial charge >= 0.3 is 12.1 Å². The molecule has 2 heterocycles. The van der Waals surface area contributed by atoms with Gasteiger partial charge in [0, 0.05) is 24.9 Å². The number of carbonyl (C=O) groups is 2. The molecule has 1 aromatic rings. The Morgan fingerprint density at radius 2 is 2.12 bits per heavy atom. The van der Waals surface area contributed by atoms with Crippen molar-refractivity contribution >= 4 is 12.1 Å². The van der Waals surface area contributed by atoms with Gasteiger partial charge in [-0.2, -0.15) is 0 Å². The number of hydrogen-bond acceptors (Lipinski definition) is 5. The fraction of sp³-hybridized carbons (Fsp3) is 0.706. The number of carbonyl (C=O) groups excluding carboxylic acids is 2. The van der Waals surface area contributed by atoms with E-state index in [0.29, 0.717) is 19.1 Å². The van der Waals surface area contributed by atoms with Crippen molar-refractivity contribution in [1.29, 1.82) is 0 Å². The lowest BCUT2D eigenvalue weighted by Gasteiger charge is -2.22. The van der Waals surface area contributed by atoms with Gasteiger partial charge in [0.1, 0.15) is 13.2 Å². The lowest BCUT2D eigenvalue weighted by molar-refractivity contribution is -0.870. The van der Waals surface area contributed by atoms with Crippen LogP contribution in [0.2, 0.25) is 0 Å². The molecule has 1 amide bonds. The first-order valence-corrected chi connectivity index (χ1v) is 8.48. The predicted molar refractivity (Wildman–Crippen MR) is 93.6 cm³/mol. The van der Waals surface area contributed by atoms with E-state index < -0.39 is 6.09 Å². The molecule has 2 rings (SSSR count). The van der Waals surface area contributed by atoms with Crippen LogP contribution < -0.4 is 18.1 Å². The largest absolute Gasteiger partial charge is 1.00 e. The molecule has 1 saturated heterocycles. The van der Waals surface area contributed by atoms with Crippen LogP contribution in [0.1, 0.15) is 19.0 Å². The first-order valence-electron chi connectivity index (χ1n) is 8.48. The van der Waals surface area contributed by atoms with Crippen molar-refractivity contribution < 1.29 is 36.0 Å². The molecule has 0 aromatic carbocycles. The van der Waals surface area contributed by atoms with Crippen molar-refractivity contribution in [3.8, 4) is 0 Å². The van der Waals surface area contributed by atoms with Crippen LogP contribution in [0.3, 0.4) is 0 Å². The summed E-state index contributed by atoms with van der Waals surface area (Å²) < 4.78 is 12.4. The summed E-state index contributed by atoms with van der Waals surface area (Å²) in [4.78, 5) is 25.5. The predicted octanol–water partition coefficient (Wildman–Crippen LogP) is -2.05. The summed E-state index contributed by atoms with van der Waals surface area (Å²) in [5.41, 5.74) is 5.92. The van der Waals surface area contributed by atoms with Crippen LogP contribution in [0, 0.1) is 11.8 Å². The van der Waals surface area contributed by atoms with Gasteiger partial charge in [-0.3, -0.25) is 4.79 Å². The van der Waals surface area contributed by atoms with Gasteiger partial charge in [-0.05, 0) is 12.8 Å². The first-order chi connectivity index (χ1) is 11.6. The Kier molecular flexibility index (Phi) is 10.3. The number of aryl methyl sites for hydroxylation is 1. The summed E-state index contributed by atoms with van der Waals surface area (Å²) in [7, 11) is 8.03. The molecule has 1 aliphatic heterocycles. The molecule has 0 spiro atoms. The van der Waals surface area contributed by atoms with Crippen LogP contribution in [-0.2, 0) is 27.7 Å². The van der Waals surface area contributed by atoms with Crippen molar-refractivity contribution in [2.75, 3.05) is 40.9 Å². The van der Waals surface area contributed by atoms with E-state index in [9.17, 15) is 9.59 Å². The van der Waals surface area contributed by atoms with E-state index in [1.54, 1.807) is 6.33 Å². The van der Waals surface area contributed by atoms with Gasteiger partial charge in [-0.15, -0.1) is 0 Å². The third-order valence-corrected chi connectivity index (χ3v) is 4.15. The lowest BCUT2D eigenvalue weighted by atomic mass is 9.89. The molecular formula is C17H31ClN4O4. The molecule has 8 nitrogen and oxygen atoms in total. The second-order valence-electron chi connectivity index (χ2n) is 7.29. The second-order valence-corrected chi connectivity index (χ2v) is 7.29. The number of amides is 1. The number of aromatic nitrogens is 2. The van der Waals surface area contributed by atoms with Gasteiger partial charge in [0.25, 0.3) is 0 Å². The Labute approximate surface area is 161 Å². The zero-order valence-electron chi connectivity index (χ0n) is 16.3. The molecule has 0 radical (unpaired) electrons. The molecule has 9 heteroatoms. The number of nitrogens with two attached hydrogens (primary N) is 1. The molecule has 0 aliphatic carbocycles. The van der Waals surface area contributed by atoms with Crippen molar-refractivity contribution in [3.63, 3.8) is 0 Å². The zero-order valence-corrected chi connectivity index (χ0v) is 17.0. The van der Waals surface area contributed by atoms with E-state index in [0.717, 1.165) is 29.6 Å². The summed E-state index contributed by atoms with van der Waals surface area (Å²) in [6.07, 6.45) is 4.68. The van der Waals surface area contributed by atoms with Crippen LogP contribution in [0.15, 0.2) is 12.5 Å². The number of primary amides is 1. The molecule has 2 atom stereocenters. The Balaban J connectivity index is 0.000000504. The van der Waals surface area contributed by atoms with Crippen molar-refractivity contribution in [2.24, 2.45) is 24.6 Å². The van der Waals surface area contributed by atoms with E-state index >= 15 is 0 Å². The minimum atomic E-state index is -0.701. The molecule has 0 bridgehead atoms. The first kappa shape index (κ1) is 24.2. The summed E-state index contributed by atoms with van der Waals surface area (Å²) in [6, 6.07) is 0. The zero-order chi connectivity index (χ0) is 19.0. The topological polar surface area (TPSA) is 96.4 Å². The Morgan fingerprint density at radius 3 is 2.58 bits per heavy atom. The van der Waals surface area contributed by atoms with E-state index in [4.69, 9.17) is 10.5 Å². The van der Waals surface area contributed by atoms with E-state index in [1.807, 2.05) is 45.9 Å². The quantitative estimate of drug-likeness (QED) is 0.445. The highest BCUT2D eigenvalue weighted by Gasteiger charge is 2.35. The minimum absolute atomic E-state index is 0. The molecule has 26 heavy (non-hydrogen) atoms. The number of halogens is 1. The second kappa shape index (κ2) is 11.0.